The molecule has 0 N–H and O–H groups in total. The number of rotatable bonds is 5. The summed E-state index contributed by atoms with van der Waals surface area (Å²) < 4.78 is 123. The number of allylic oxidation sites excluding steroid dienone is 5. The number of halogens is 7. The number of carbonyl (C=O) groups excluding carboxylic acids is 1. The Morgan fingerprint density at radius 1 is 1.05 bits per heavy atom. The zero-order valence-corrected chi connectivity index (χ0v) is 22.1. The van der Waals surface area contributed by atoms with Crippen LogP contribution in [0.3, 0.4) is 0 Å². The van der Waals surface area contributed by atoms with E-state index in [2.05, 4.69) is 0 Å². The van der Waals surface area contributed by atoms with Crippen LogP contribution in [0.5, 0.6) is 5.75 Å². The van der Waals surface area contributed by atoms with Crippen molar-refractivity contribution < 1.29 is 48.7 Å². The molecule has 1 aromatic rings. The summed E-state index contributed by atoms with van der Waals surface area (Å²) in [5.41, 5.74) is -0.960. The number of hydrogen-bond acceptors (Lipinski definition) is 5. The van der Waals surface area contributed by atoms with E-state index in [4.69, 9.17) is 4.74 Å². The van der Waals surface area contributed by atoms with Gasteiger partial charge in [0.1, 0.15) is 11.6 Å². The minimum atomic E-state index is -4.75. The van der Waals surface area contributed by atoms with Crippen LogP contribution < -0.4 is 4.74 Å². The summed E-state index contributed by atoms with van der Waals surface area (Å²) in [6.45, 7) is 2.28. The molecule has 3 rings (SSSR count). The molecule has 1 heterocycles. The Bertz CT molecular complexity index is 1310. The Kier molecular flexibility index (Phi) is 8.78. The molecule has 14 heteroatoms. The van der Waals surface area contributed by atoms with Crippen LogP contribution in [-0.2, 0) is 9.84 Å². The first-order chi connectivity index (χ1) is 17.9. The number of benzene rings is 1. The maximum atomic E-state index is 15.0. The highest BCUT2D eigenvalue weighted by atomic mass is 32.2. The highest BCUT2D eigenvalue weighted by Crippen LogP contribution is 2.35. The van der Waals surface area contributed by atoms with E-state index >= 15 is 4.39 Å². The monoisotopic (exact) mass is 584 g/mol. The minimum Gasteiger partial charge on any atom is -0.480 e. The van der Waals surface area contributed by atoms with Gasteiger partial charge in [0.25, 0.3) is 5.91 Å². The molecule has 1 amide bonds. The molecule has 1 aromatic carbocycles. The third-order valence-corrected chi connectivity index (χ3v) is 7.49. The SMILES string of the molecule is CC1=C(N2CCN(C(=O)c3cc(S(C)(=O)=O)ccc3OC(C)C(F)(F)F)CC2)C(F)=CC(C(F)(F)F)=CCC1. The predicted molar refractivity (Wildman–Crippen MR) is 128 cm³/mol. The van der Waals surface area contributed by atoms with Crippen molar-refractivity contribution in [3.63, 3.8) is 0 Å². The van der Waals surface area contributed by atoms with E-state index in [1.807, 2.05) is 0 Å². The second kappa shape index (κ2) is 11.2. The minimum absolute atomic E-state index is 0.000882. The summed E-state index contributed by atoms with van der Waals surface area (Å²) in [5, 5.41) is 0. The highest BCUT2D eigenvalue weighted by Gasteiger charge is 2.39. The zero-order chi connectivity index (χ0) is 29.3. The van der Waals surface area contributed by atoms with Crippen LogP contribution >= 0.6 is 0 Å². The van der Waals surface area contributed by atoms with Gasteiger partial charge in [-0.3, -0.25) is 4.79 Å². The normalized spacial score (nSPS) is 18.7. The Hall–Kier alpha value is -3.03. The molecule has 1 fully saturated rings. The van der Waals surface area contributed by atoms with Crippen molar-refractivity contribution in [2.75, 3.05) is 32.4 Å². The van der Waals surface area contributed by atoms with Crippen molar-refractivity contribution >= 4 is 15.7 Å². The summed E-state index contributed by atoms with van der Waals surface area (Å²) in [4.78, 5) is 15.8. The maximum absolute atomic E-state index is 15.0. The quantitative estimate of drug-likeness (QED) is 0.423. The van der Waals surface area contributed by atoms with Gasteiger partial charge in [0.2, 0.25) is 0 Å². The number of sulfone groups is 1. The van der Waals surface area contributed by atoms with E-state index in [0.717, 1.165) is 37.5 Å². The molecular weight excluding hydrogens is 557 g/mol. The molecule has 1 aliphatic carbocycles. The second-order valence-corrected chi connectivity index (χ2v) is 11.3. The van der Waals surface area contributed by atoms with Crippen molar-refractivity contribution in [1.82, 2.24) is 9.80 Å². The number of hydrogen-bond donors (Lipinski definition) is 0. The molecule has 0 radical (unpaired) electrons. The van der Waals surface area contributed by atoms with Gasteiger partial charge in [-0.1, -0.05) is 6.08 Å². The van der Waals surface area contributed by atoms with Crippen LogP contribution in [0.2, 0.25) is 0 Å². The van der Waals surface area contributed by atoms with Gasteiger partial charge in [-0.2, -0.15) is 26.3 Å². The van der Waals surface area contributed by atoms with Crippen LogP contribution in [-0.4, -0.2) is 75.0 Å². The van der Waals surface area contributed by atoms with Crippen molar-refractivity contribution in [3.05, 3.63) is 58.6 Å². The van der Waals surface area contributed by atoms with Crippen LogP contribution in [0.25, 0.3) is 0 Å². The Morgan fingerprint density at radius 2 is 1.67 bits per heavy atom. The summed E-state index contributed by atoms with van der Waals surface area (Å²) in [5.74, 6) is -2.32. The molecule has 0 aromatic heterocycles. The van der Waals surface area contributed by atoms with E-state index in [1.165, 1.54) is 9.80 Å². The van der Waals surface area contributed by atoms with Gasteiger partial charge in [-0.25, -0.2) is 12.8 Å². The number of ether oxygens (including phenoxy) is 1. The van der Waals surface area contributed by atoms with Gasteiger partial charge in [0.05, 0.1) is 21.7 Å². The molecular formula is C25H27F7N2O4S. The Morgan fingerprint density at radius 3 is 2.21 bits per heavy atom. The Labute approximate surface area is 221 Å². The highest BCUT2D eigenvalue weighted by molar-refractivity contribution is 7.90. The van der Waals surface area contributed by atoms with Crippen molar-refractivity contribution in [3.8, 4) is 5.75 Å². The van der Waals surface area contributed by atoms with Gasteiger partial charge in [-0.15, -0.1) is 0 Å². The van der Waals surface area contributed by atoms with Crippen LogP contribution in [0.4, 0.5) is 30.7 Å². The summed E-state index contributed by atoms with van der Waals surface area (Å²) >= 11 is 0. The average molecular weight is 585 g/mol. The fourth-order valence-corrected chi connectivity index (χ4v) is 4.87. The van der Waals surface area contributed by atoms with Gasteiger partial charge < -0.3 is 14.5 Å². The smallest absolute Gasteiger partial charge is 0.425 e. The van der Waals surface area contributed by atoms with Gasteiger partial charge in [0.15, 0.2) is 15.9 Å². The van der Waals surface area contributed by atoms with Gasteiger partial charge in [-0.05, 0) is 56.5 Å². The van der Waals surface area contributed by atoms with Crippen molar-refractivity contribution in [2.24, 2.45) is 0 Å². The lowest BCUT2D eigenvalue weighted by Gasteiger charge is -2.38. The zero-order valence-electron chi connectivity index (χ0n) is 21.3. The molecule has 1 saturated heterocycles. The summed E-state index contributed by atoms with van der Waals surface area (Å²) in [6, 6.07) is 2.96. The molecule has 216 valence electrons. The third-order valence-electron chi connectivity index (χ3n) is 6.38. The first-order valence-corrected chi connectivity index (χ1v) is 13.7. The predicted octanol–water partition coefficient (Wildman–Crippen LogP) is 5.59. The van der Waals surface area contributed by atoms with Crippen LogP contribution in [0, 0.1) is 0 Å². The molecule has 0 bridgehead atoms. The van der Waals surface area contributed by atoms with E-state index < -0.39 is 56.9 Å². The first-order valence-electron chi connectivity index (χ1n) is 11.9. The summed E-state index contributed by atoms with van der Waals surface area (Å²) in [6.07, 6.45) is -9.26. The van der Waals surface area contributed by atoms with Gasteiger partial charge in [0, 0.05) is 32.4 Å². The molecule has 1 atom stereocenters. The van der Waals surface area contributed by atoms with Crippen molar-refractivity contribution in [1.29, 1.82) is 0 Å². The lowest BCUT2D eigenvalue weighted by atomic mass is 10.0. The van der Waals surface area contributed by atoms with E-state index in [0.29, 0.717) is 11.6 Å². The number of amides is 1. The van der Waals surface area contributed by atoms with Gasteiger partial charge >= 0.3 is 12.4 Å². The second-order valence-electron chi connectivity index (χ2n) is 9.33. The number of carbonyl (C=O) groups is 1. The average Bonchev–Trinajstić information content (AvgIpc) is 2.81. The standard InChI is InChI=1S/C25H27F7N2O4S/c1-15-5-4-6-17(25(30,31)32)13-20(26)22(15)33-9-11-34(12-10-33)23(35)19-14-18(39(3,36)37)7-8-21(19)38-16(2)24(27,28)29/h6-8,13-14,16H,4-5,9-12H2,1-3H3. The van der Waals surface area contributed by atoms with E-state index in [9.17, 15) is 39.6 Å². The van der Waals surface area contributed by atoms with E-state index in [-0.39, 0.29) is 49.6 Å². The molecule has 0 saturated carbocycles. The van der Waals surface area contributed by atoms with E-state index in [1.54, 1.807) is 6.92 Å². The van der Waals surface area contributed by atoms with Crippen LogP contribution in [0.15, 0.2) is 57.9 Å². The number of nitrogens with zero attached hydrogens (tertiary/aromatic N) is 2. The fourth-order valence-electron chi connectivity index (χ4n) is 4.22. The lowest BCUT2D eigenvalue weighted by Crippen LogP contribution is -2.48. The first kappa shape index (κ1) is 30.5. The molecule has 1 unspecified atom stereocenters. The molecule has 0 spiro atoms. The summed E-state index contributed by atoms with van der Waals surface area (Å²) in [7, 11) is -3.82. The largest absolute Gasteiger partial charge is 0.480 e. The molecule has 39 heavy (non-hydrogen) atoms. The van der Waals surface area contributed by atoms with Crippen LogP contribution in [0.1, 0.15) is 37.0 Å². The molecule has 1 aliphatic heterocycles. The number of piperazine rings is 1. The Balaban J connectivity index is 1.86. The third kappa shape index (κ3) is 7.34. The number of alkyl halides is 6. The molecule has 2 aliphatic rings. The van der Waals surface area contributed by atoms with Crippen molar-refractivity contribution in [2.45, 2.75) is 50.0 Å². The molecule has 6 nitrogen and oxygen atoms in total. The lowest BCUT2D eigenvalue weighted by molar-refractivity contribution is -0.189. The topological polar surface area (TPSA) is 66.9 Å². The fraction of sp³-hybridized carbons (Fsp3) is 0.480. The maximum Gasteiger partial charge on any atom is 0.425 e.